The predicted molar refractivity (Wildman–Crippen MR) is 12.7 cm³/mol. The maximum absolute atomic E-state index is 4.06. The maximum Gasteiger partial charge on any atom is 0.347 e. The Kier molecular flexibility index (Phi) is 0.443. The van der Waals surface area contributed by atoms with Crippen LogP contribution < -0.4 is 5.64 Å². The summed E-state index contributed by atoms with van der Waals surface area (Å²) in [5, 5.41) is 3.00. The second kappa shape index (κ2) is 0.898. The lowest BCUT2D eigenvalue weighted by molar-refractivity contribution is -0.0719. The maximum atomic E-state index is 4.06. The van der Waals surface area contributed by atoms with Crippen molar-refractivity contribution in [1.29, 1.82) is 0 Å². The average Bonchev–Trinajstić information content (AvgIpc) is 1.76. The molecule has 0 aliphatic carbocycles. The Morgan fingerprint density at radius 1 is 1.80 bits per heavy atom. The van der Waals surface area contributed by atoms with Gasteiger partial charge in [0.25, 0.3) is 0 Å². The molecule has 27 valence electrons. The zero-order chi connectivity index (χ0) is 3.54. The van der Waals surface area contributed by atoms with Crippen LogP contribution >= 0.6 is 0 Å². The molecule has 1 radical (unpaired) electrons. The molecular formula is CHN2O2. The van der Waals surface area contributed by atoms with Crippen LogP contribution in [0.5, 0.6) is 0 Å². The van der Waals surface area contributed by atoms with Gasteiger partial charge >= 0.3 is 6.40 Å². The number of nitrogens with zero attached hydrogens (tertiary/aromatic N) is 1. The molecule has 4 nitrogen and oxygen atoms in total. The second-order valence-electron chi connectivity index (χ2n) is 0.459. The van der Waals surface area contributed by atoms with Gasteiger partial charge in [0.1, 0.15) is 0 Å². The van der Waals surface area contributed by atoms with Crippen LogP contribution in [0, 0.1) is 0 Å². The van der Waals surface area contributed by atoms with Gasteiger partial charge < -0.3 is 4.84 Å². The van der Waals surface area contributed by atoms with Gasteiger partial charge in [-0.2, -0.15) is 0 Å². The summed E-state index contributed by atoms with van der Waals surface area (Å²) in [6.45, 7) is 0. The number of hydrogen-bond acceptors (Lipinski definition) is 4. The van der Waals surface area contributed by atoms with Crippen LogP contribution in [0.25, 0.3) is 0 Å². The molecule has 0 aromatic carbocycles. The van der Waals surface area contributed by atoms with E-state index in [9.17, 15) is 0 Å². The van der Waals surface area contributed by atoms with Gasteiger partial charge in [-0.1, -0.05) is 0 Å². The van der Waals surface area contributed by atoms with Crippen LogP contribution in [0.15, 0.2) is 5.16 Å². The predicted octanol–water partition coefficient (Wildman–Crippen LogP) is -0.727. The highest BCUT2D eigenvalue weighted by molar-refractivity contribution is 5.45. The minimum Gasteiger partial charge on any atom is -0.342 e. The number of nitrogens with one attached hydrogen (secondary N) is 1. The van der Waals surface area contributed by atoms with E-state index in [1.54, 1.807) is 0 Å². The summed E-state index contributed by atoms with van der Waals surface area (Å²) in [4.78, 5) is 8.04. The van der Waals surface area contributed by atoms with Crippen LogP contribution in [0.2, 0.25) is 0 Å². The Bertz CT molecular complexity index is 45.6. The van der Waals surface area contributed by atoms with E-state index in [4.69, 9.17) is 0 Å². The number of hydrogen-bond donors (Lipinski definition) is 1. The lowest BCUT2D eigenvalue weighted by atomic mass is 11.6. The van der Waals surface area contributed by atoms with Gasteiger partial charge in [0.15, 0.2) is 0 Å². The van der Waals surface area contributed by atoms with Crippen molar-refractivity contribution in [2.75, 3.05) is 0 Å². The molecule has 0 bridgehead atoms. The van der Waals surface area contributed by atoms with Crippen LogP contribution in [0.4, 0.5) is 0 Å². The average molecular weight is 73.0 g/mol. The fourth-order valence-electron chi connectivity index (χ4n) is 0.0932. The molecule has 0 saturated carbocycles. The second-order valence-corrected chi connectivity index (χ2v) is 0.459. The van der Waals surface area contributed by atoms with Crippen molar-refractivity contribution in [3.05, 3.63) is 0 Å². The summed E-state index contributed by atoms with van der Waals surface area (Å²) >= 11 is 0. The van der Waals surface area contributed by atoms with Crippen molar-refractivity contribution in [1.82, 2.24) is 5.64 Å². The van der Waals surface area contributed by atoms with Crippen LogP contribution in [0.3, 0.4) is 0 Å². The van der Waals surface area contributed by atoms with Gasteiger partial charge in [0.05, 0.1) is 0 Å². The van der Waals surface area contributed by atoms with Crippen molar-refractivity contribution in [3.8, 4) is 0 Å². The summed E-state index contributed by atoms with van der Waals surface area (Å²) in [5.41, 5.74) is 1.94. The van der Waals surface area contributed by atoms with E-state index in [2.05, 4.69) is 14.9 Å². The molecule has 0 aromatic heterocycles. The molecule has 1 heterocycles. The Morgan fingerprint density at radius 3 is 3.00 bits per heavy atom. The van der Waals surface area contributed by atoms with Gasteiger partial charge in [-0.15, -0.1) is 0 Å². The normalized spacial score (nSPS) is 17.6. The van der Waals surface area contributed by atoms with Gasteiger partial charge in [0, 0.05) is 5.64 Å². The van der Waals surface area contributed by atoms with Crippen molar-refractivity contribution < 1.29 is 9.78 Å². The summed E-state index contributed by atoms with van der Waals surface area (Å²) in [6.07, 6.45) is 2.01. The highest BCUT2D eigenvalue weighted by Gasteiger charge is 1.85. The van der Waals surface area contributed by atoms with E-state index < -0.39 is 0 Å². The molecular weight excluding hydrogens is 72.0 g/mol. The molecule has 0 saturated heterocycles. The van der Waals surface area contributed by atoms with E-state index in [-0.39, 0.29) is 0 Å². The molecule has 1 aliphatic rings. The lowest BCUT2D eigenvalue weighted by Gasteiger charge is -1.78. The van der Waals surface area contributed by atoms with E-state index in [1.807, 2.05) is 12.0 Å². The van der Waals surface area contributed by atoms with E-state index in [1.165, 1.54) is 0 Å². The number of rotatable bonds is 0. The molecule has 4 heteroatoms. The molecule has 0 unspecified atom stereocenters. The Balaban J connectivity index is 2.32. The monoisotopic (exact) mass is 73.0 g/mol. The third kappa shape index (κ3) is 0.273. The van der Waals surface area contributed by atoms with Gasteiger partial charge in [-0.3, -0.25) is 4.94 Å². The molecule has 1 rings (SSSR count). The molecule has 5 heavy (non-hydrogen) atoms. The van der Waals surface area contributed by atoms with E-state index in [0.717, 1.165) is 0 Å². The first kappa shape index (κ1) is 2.47. The van der Waals surface area contributed by atoms with E-state index in [0.29, 0.717) is 0 Å². The highest BCUT2D eigenvalue weighted by atomic mass is 17.0. The van der Waals surface area contributed by atoms with Gasteiger partial charge in [-0.25, -0.2) is 0 Å². The van der Waals surface area contributed by atoms with Crippen LogP contribution in [0.1, 0.15) is 0 Å². The first-order valence-corrected chi connectivity index (χ1v) is 1.02. The first-order chi connectivity index (χ1) is 2.50. The third-order valence-electron chi connectivity index (χ3n) is 0.207. The first-order valence-electron chi connectivity index (χ1n) is 1.02. The van der Waals surface area contributed by atoms with Crippen LogP contribution in [-0.4, -0.2) is 6.40 Å². The molecule has 0 amide bonds. The third-order valence-corrected chi connectivity index (χ3v) is 0.207. The highest BCUT2D eigenvalue weighted by Crippen LogP contribution is 1.72. The summed E-state index contributed by atoms with van der Waals surface area (Å²) < 4.78 is 0. The Morgan fingerprint density at radius 2 is 2.80 bits per heavy atom. The molecule has 1 aliphatic heterocycles. The zero-order valence-corrected chi connectivity index (χ0v) is 2.26. The summed E-state index contributed by atoms with van der Waals surface area (Å²) in [7, 11) is 0. The Labute approximate surface area is 28.3 Å². The minimum absolute atomic E-state index is 1.94. The lowest BCUT2D eigenvalue weighted by Crippen LogP contribution is -2.00. The molecule has 0 spiro atoms. The SMILES string of the molecule is [C]1=NONO1. The van der Waals surface area contributed by atoms with Crippen molar-refractivity contribution in [3.63, 3.8) is 0 Å². The van der Waals surface area contributed by atoms with Crippen LogP contribution in [-0.2, 0) is 9.78 Å². The van der Waals surface area contributed by atoms with E-state index >= 15 is 0 Å². The summed E-state index contributed by atoms with van der Waals surface area (Å²) in [5.74, 6) is 0. The quantitative estimate of drug-likeness (QED) is 0.411. The zero-order valence-electron chi connectivity index (χ0n) is 2.26. The minimum atomic E-state index is 1.94. The van der Waals surface area contributed by atoms with Crippen molar-refractivity contribution in [2.24, 2.45) is 5.16 Å². The van der Waals surface area contributed by atoms with Crippen molar-refractivity contribution in [2.45, 2.75) is 0 Å². The largest absolute Gasteiger partial charge is 0.347 e. The molecule has 0 aromatic rings. The summed E-state index contributed by atoms with van der Waals surface area (Å²) in [6, 6.07) is 0. The fraction of sp³-hybridized carbons (Fsp3) is 0. The Hall–Kier alpha value is -0.770. The molecule has 0 atom stereocenters. The molecule has 1 N–H and O–H groups in total. The van der Waals surface area contributed by atoms with Gasteiger partial charge in [0.2, 0.25) is 0 Å². The molecule has 0 fully saturated rings. The smallest absolute Gasteiger partial charge is 0.342 e. The fourth-order valence-corrected chi connectivity index (χ4v) is 0.0932. The standard InChI is InChI=1S/CHN2O2/c1-2-5-3-4-1/h3H. The topological polar surface area (TPSA) is 42.8 Å². The van der Waals surface area contributed by atoms with Gasteiger partial charge in [-0.05, 0) is 5.16 Å². The van der Waals surface area contributed by atoms with Crippen molar-refractivity contribution >= 4 is 6.40 Å².